The van der Waals surface area contributed by atoms with Crippen LogP contribution in [0.2, 0.25) is 0 Å². The second-order valence-electron chi connectivity index (χ2n) is 5.02. The molecule has 0 aromatic carbocycles. The fourth-order valence-corrected chi connectivity index (χ4v) is 2.04. The summed E-state index contributed by atoms with van der Waals surface area (Å²) in [6, 6.07) is 2.07. The third-order valence-corrected chi connectivity index (χ3v) is 3.09. The van der Waals surface area contributed by atoms with Gasteiger partial charge in [-0.25, -0.2) is 0 Å². The molecule has 0 radical (unpaired) electrons. The molecular formula is C15H27N5O2. The maximum absolute atomic E-state index is 11.1. The molecule has 0 spiro atoms. The van der Waals surface area contributed by atoms with Gasteiger partial charge in [0, 0.05) is 31.9 Å². The summed E-state index contributed by atoms with van der Waals surface area (Å²) in [5, 5.41) is 10.7. The first kappa shape index (κ1) is 18.0. The van der Waals surface area contributed by atoms with Crippen LogP contribution in [-0.4, -0.2) is 48.5 Å². The molecule has 2 N–H and O–H groups in total. The van der Waals surface area contributed by atoms with Crippen LogP contribution in [-0.2, 0) is 16.1 Å². The van der Waals surface area contributed by atoms with Crippen LogP contribution in [0.25, 0.3) is 0 Å². The highest BCUT2D eigenvalue weighted by Crippen LogP contribution is 2.02. The fraction of sp³-hybridized carbons (Fsp3) is 0.667. The van der Waals surface area contributed by atoms with E-state index in [1.54, 1.807) is 0 Å². The predicted molar refractivity (Wildman–Crippen MR) is 86.9 cm³/mol. The molecule has 0 amide bonds. The standard InChI is InChI=1S/C15H27N5O2/c1-5-16-15(18-9-7-14(21)22-4)17-8-6-10-20-13(3)11-12(2)19-20/h11H,5-10H2,1-4H3,(H2,16,17,18). The Hall–Kier alpha value is -2.05. The van der Waals surface area contributed by atoms with Crippen molar-refractivity contribution in [3.63, 3.8) is 0 Å². The number of rotatable bonds is 8. The van der Waals surface area contributed by atoms with Crippen LogP contribution in [0.5, 0.6) is 0 Å². The molecule has 0 fully saturated rings. The van der Waals surface area contributed by atoms with E-state index < -0.39 is 0 Å². The molecule has 1 aromatic rings. The van der Waals surface area contributed by atoms with Crippen LogP contribution in [0, 0.1) is 13.8 Å². The Labute approximate surface area is 132 Å². The minimum atomic E-state index is -0.229. The van der Waals surface area contributed by atoms with Gasteiger partial charge in [0.25, 0.3) is 0 Å². The Kier molecular flexibility index (Phi) is 8.03. The van der Waals surface area contributed by atoms with Gasteiger partial charge in [0.2, 0.25) is 0 Å². The fourth-order valence-electron chi connectivity index (χ4n) is 2.04. The summed E-state index contributed by atoms with van der Waals surface area (Å²) in [4.78, 5) is 15.6. The van der Waals surface area contributed by atoms with Crippen LogP contribution in [0.15, 0.2) is 11.1 Å². The normalized spacial score (nSPS) is 11.4. The van der Waals surface area contributed by atoms with E-state index in [0.717, 1.165) is 31.2 Å². The molecule has 22 heavy (non-hydrogen) atoms. The number of hydrogen-bond donors (Lipinski definition) is 2. The van der Waals surface area contributed by atoms with E-state index in [2.05, 4.69) is 38.5 Å². The van der Waals surface area contributed by atoms with Gasteiger partial charge in [-0.05, 0) is 33.3 Å². The number of aromatic nitrogens is 2. The van der Waals surface area contributed by atoms with Gasteiger partial charge in [0.15, 0.2) is 5.96 Å². The Bertz CT molecular complexity index is 496. The molecule has 0 aliphatic rings. The first-order valence-corrected chi connectivity index (χ1v) is 7.66. The van der Waals surface area contributed by atoms with Crippen molar-refractivity contribution in [3.05, 3.63) is 17.5 Å². The summed E-state index contributed by atoms with van der Waals surface area (Å²) < 4.78 is 6.61. The molecule has 7 heteroatoms. The number of esters is 1. The second kappa shape index (κ2) is 9.81. The molecule has 0 saturated carbocycles. The molecule has 0 aliphatic carbocycles. The molecule has 0 unspecified atom stereocenters. The zero-order chi connectivity index (χ0) is 16.4. The van der Waals surface area contributed by atoms with Gasteiger partial charge < -0.3 is 15.4 Å². The Balaban J connectivity index is 2.35. The Morgan fingerprint density at radius 2 is 2.18 bits per heavy atom. The lowest BCUT2D eigenvalue weighted by Gasteiger charge is -2.10. The third kappa shape index (κ3) is 6.60. The topological polar surface area (TPSA) is 80.5 Å². The number of guanidine groups is 1. The number of methoxy groups -OCH3 is 1. The molecule has 0 bridgehead atoms. The van der Waals surface area contributed by atoms with Crippen molar-refractivity contribution in [2.75, 3.05) is 26.7 Å². The van der Waals surface area contributed by atoms with E-state index >= 15 is 0 Å². The van der Waals surface area contributed by atoms with Crippen LogP contribution in [0.1, 0.15) is 31.2 Å². The van der Waals surface area contributed by atoms with Crippen molar-refractivity contribution in [2.24, 2.45) is 4.99 Å². The molecule has 0 atom stereocenters. The van der Waals surface area contributed by atoms with Crippen LogP contribution in [0.3, 0.4) is 0 Å². The van der Waals surface area contributed by atoms with Crippen molar-refractivity contribution in [2.45, 2.75) is 40.2 Å². The van der Waals surface area contributed by atoms with Crippen molar-refractivity contribution >= 4 is 11.9 Å². The van der Waals surface area contributed by atoms with E-state index in [1.807, 2.05) is 18.5 Å². The number of aliphatic imine (C=N–C) groups is 1. The van der Waals surface area contributed by atoms with E-state index in [0.29, 0.717) is 19.5 Å². The zero-order valence-corrected chi connectivity index (χ0v) is 14.0. The minimum Gasteiger partial charge on any atom is -0.469 e. The quantitative estimate of drug-likeness (QED) is 0.324. The largest absolute Gasteiger partial charge is 0.469 e. The number of carbonyl (C=O) groups is 1. The average molecular weight is 309 g/mol. The molecule has 1 aromatic heterocycles. The van der Waals surface area contributed by atoms with Gasteiger partial charge in [0.05, 0.1) is 19.2 Å². The van der Waals surface area contributed by atoms with Crippen molar-refractivity contribution < 1.29 is 9.53 Å². The molecule has 124 valence electrons. The zero-order valence-electron chi connectivity index (χ0n) is 14.0. The first-order chi connectivity index (χ1) is 10.6. The van der Waals surface area contributed by atoms with Crippen molar-refractivity contribution in [1.29, 1.82) is 0 Å². The number of ether oxygens (including phenoxy) is 1. The van der Waals surface area contributed by atoms with Gasteiger partial charge in [-0.15, -0.1) is 0 Å². The van der Waals surface area contributed by atoms with Crippen molar-refractivity contribution in [3.8, 4) is 0 Å². The number of aryl methyl sites for hydroxylation is 3. The summed E-state index contributed by atoms with van der Waals surface area (Å²) in [6.45, 7) is 8.90. The second-order valence-corrected chi connectivity index (χ2v) is 5.02. The molecular weight excluding hydrogens is 282 g/mol. The van der Waals surface area contributed by atoms with Crippen LogP contribution < -0.4 is 10.6 Å². The Morgan fingerprint density at radius 3 is 2.77 bits per heavy atom. The van der Waals surface area contributed by atoms with Crippen molar-refractivity contribution in [1.82, 2.24) is 20.4 Å². The lowest BCUT2D eigenvalue weighted by molar-refractivity contribution is -0.140. The average Bonchev–Trinajstić information content (AvgIpc) is 2.81. The van der Waals surface area contributed by atoms with Gasteiger partial charge in [-0.3, -0.25) is 14.5 Å². The maximum atomic E-state index is 11.1. The third-order valence-electron chi connectivity index (χ3n) is 3.09. The first-order valence-electron chi connectivity index (χ1n) is 7.66. The minimum absolute atomic E-state index is 0.229. The van der Waals surface area contributed by atoms with Crippen LogP contribution >= 0.6 is 0 Å². The van der Waals surface area contributed by atoms with Gasteiger partial charge in [-0.2, -0.15) is 5.10 Å². The monoisotopic (exact) mass is 309 g/mol. The summed E-state index contributed by atoms with van der Waals surface area (Å²) in [5.41, 5.74) is 2.21. The summed E-state index contributed by atoms with van der Waals surface area (Å²) in [5.74, 6) is 0.493. The van der Waals surface area contributed by atoms with Crippen LogP contribution in [0.4, 0.5) is 0 Å². The van der Waals surface area contributed by atoms with Gasteiger partial charge in [0.1, 0.15) is 0 Å². The molecule has 0 aliphatic heterocycles. The van der Waals surface area contributed by atoms with E-state index in [1.165, 1.54) is 12.8 Å². The maximum Gasteiger partial charge on any atom is 0.307 e. The smallest absolute Gasteiger partial charge is 0.307 e. The summed E-state index contributed by atoms with van der Waals surface area (Å²) >= 11 is 0. The van der Waals surface area contributed by atoms with Gasteiger partial charge >= 0.3 is 5.97 Å². The molecule has 1 heterocycles. The van der Waals surface area contributed by atoms with E-state index in [9.17, 15) is 4.79 Å². The lowest BCUT2D eigenvalue weighted by Crippen LogP contribution is -2.38. The number of hydrogen-bond acceptors (Lipinski definition) is 4. The molecule has 7 nitrogen and oxygen atoms in total. The molecule has 1 rings (SSSR count). The lowest BCUT2D eigenvalue weighted by atomic mass is 10.4. The summed E-state index contributed by atoms with van der Waals surface area (Å²) in [6.07, 6.45) is 1.24. The Morgan fingerprint density at radius 1 is 1.41 bits per heavy atom. The number of carbonyl (C=O) groups excluding carboxylic acids is 1. The number of nitrogens with one attached hydrogen (secondary N) is 2. The number of nitrogens with zero attached hydrogens (tertiary/aromatic N) is 3. The van der Waals surface area contributed by atoms with Gasteiger partial charge in [-0.1, -0.05) is 0 Å². The highest BCUT2D eigenvalue weighted by atomic mass is 16.5. The predicted octanol–water partition coefficient (Wildman–Crippen LogP) is 1.01. The molecule has 0 saturated heterocycles. The van der Waals surface area contributed by atoms with E-state index in [4.69, 9.17) is 0 Å². The SMILES string of the molecule is CCNC(=NCCCn1nc(C)cc1C)NCCC(=O)OC. The highest BCUT2D eigenvalue weighted by Gasteiger charge is 2.02. The highest BCUT2D eigenvalue weighted by molar-refractivity contribution is 5.80. The summed E-state index contributed by atoms with van der Waals surface area (Å²) in [7, 11) is 1.39. The van der Waals surface area contributed by atoms with E-state index in [-0.39, 0.29) is 5.97 Å².